The Kier molecular flexibility index (Phi) is 1.92. The molecule has 0 fully saturated rings. The van der Waals surface area contributed by atoms with Crippen LogP contribution in [0, 0.1) is 0 Å². The lowest BCUT2D eigenvalue weighted by Crippen LogP contribution is -2.50. The lowest BCUT2D eigenvalue weighted by molar-refractivity contribution is 0.480. The highest BCUT2D eigenvalue weighted by Gasteiger charge is 2.14. The largest absolute Gasteiger partial charge is 0.307 e. The Bertz CT molecular complexity index is 70.1. The molecule has 7 heavy (non-hydrogen) atoms. The monoisotopic (exact) mass is 101 g/mol. The molecule has 0 amide bonds. The van der Waals surface area contributed by atoms with Crippen LogP contribution in [0.4, 0.5) is 0 Å². The fourth-order valence-corrected chi connectivity index (χ4v) is 0.0722. The van der Waals surface area contributed by atoms with Crippen LogP contribution in [0.25, 0.3) is 0 Å². The van der Waals surface area contributed by atoms with Crippen LogP contribution in [0.3, 0.4) is 0 Å². The summed E-state index contributed by atoms with van der Waals surface area (Å²) in [5.74, 6) is 0. The van der Waals surface area contributed by atoms with Crippen LogP contribution in [0.15, 0.2) is 0 Å². The van der Waals surface area contributed by atoms with Crippen molar-refractivity contribution in [3.05, 3.63) is 0 Å². The molecule has 0 aliphatic heterocycles. The van der Waals surface area contributed by atoms with E-state index >= 15 is 0 Å². The molecule has 3 heteroatoms. The molecule has 3 nitrogen and oxygen atoms in total. The summed E-state index contributed by atoms with van der Waals surface area (Å²) in [6, 6.07) is 0. The van der Waals surface area contributed by atoms with Crippen LogP contribution in [0.1, 0.15) is 13.3 Å². The molecule has 0 atom stereocenters. The predicted molar refractivity (Wildman–Crippen MR) is 27.1 cm³/mol. The second kappa shape index (κ2) is 2.04. The first-order chi connectivity index (χ1) is 3.12. The summed E-state index contributed by atoms with van der Waals surface area (Å²) in [6.07, 6.45) is 1.92. The van der Waals surface area contributed by atoms with Crippen molar-refractivity contribution in [2.75, 3.05) is 0 Å². The summed E-state index contributed by atoms with van der Waals surface area (Å²) in [6.45, 7) is 1.73. The normalized spacial score (nSPS) is 11.3. The van der Waals surface area contributed by atoms with E-state index in [0.717, 1.165) is 0 Å². The Morgan fingerprint density at radius 1 is 1.71 bits per heavy atom. The average molecular weight is 101 g/mol. The second-order valence-corrected chi connectivity index (χ2v) is 1.50. The maximum atomic E-state index is 9.68. The van der Waals surface area contributed by atoms with Crippen LogP contribution >= 0.6 is 0 Å². The summed E-state index contributed by atoms with van der Waals surface area (Å²) >= 11 is 0. The van der Waals surface area contributed by atoms with Crippen molar-refractivity contribution >= 4 is 6.29 Å². The lowest BCUT2D eigenvalue weighted by atomic mass is 10.2. The van der Waals surface area contributed by atoms with Crippen LogP contribution in [-0.2, 0) is 4.79 Å². The maximum Gasteiger partial charge on any atom is 0.235 e. The molecule has 1 radical (unpaired) electrons. The van der Waals surface area contributed by atoms with Crippen LogP contribution in [0.2, 0.25) is 0 Å². The zero-order chi connectivity index (χ0) is 5.91. The third kappa shape index (κ3) is 2.31. The molecule has 0 saturated heterocycles. The van der Waals surface area contributed by atoms with Crippen molar-refractivity contribution in [1.82, 2.24) is 0 Å². The van der Waals surface area contributed by atoms with E-state index in [1.807, 2.05) is 0 Å². The van der Waals surface area contributed by atoms with Gasteiger partial charge in [0.25, 0.3) is 0 Å². The molecule has 0 aliphatic carbocycles. The lowest BCUT2D eigenvalue weighted by Gasteiger charge is -2.10. The Balaban J connectivity index is 3.58. The third-order valence-corrected chi connectivity index (χ3v) is 0.775. The minimum Gasteiger partial charge on any atom is -0.307 e. The van der Waals surface area contributed by atoms with Gasteiger partial charge in [-0.05, 0) is 6.42 Å². The summed E-state index contributed by atoms with van der Waals surface area (Å²) in [4.78, 5) is 9.68. The standard InChI is InChI=1S/C4H9N2O/c1-2-4(5,6)3-7/h2,5-6H2,1H3. The molecule has 41 valence electrons. The molecule has 0 unspecified atom stereocenters. The van der Waals surface area contributed by atoms with E-state index < -0.39 is 5.66 Å². The molecule has 0 aromatic carbocycles. The van der Waals surface area contributed by atoms with Gasteiger partial charge in [-0.2, -0.15) is 0 Å². The fraction of sp³-hybridized carbons (Fsp3) is 0.750. The van der Waals surface area contributed by atoms with Gasteiger partial charge in [-0.1, -0.05) is 6.92 Å². The van der Waals surface area contributed by atoms with Gasteiger partial charge in [0.2, 0.25) is 6.29 Å². The highest BCUT2D eigenvalue weighted by atomic mass is 16.1. The molecule has 0 saturated carbocycles. The zero-order valence-corrected chi connectivity index (χ0v) is 4.27. The second-order valence-electron chi connectivity index (χ2n) is 1.50. The van der Waals surface area contributed by atoms with Gasteiger partial charge in [0.05, 0.1) is 0 Å². The SMILES string of the molecule is CCC(N)(N)[C]=O. The number of carbonyl (C=O) groups excluding carboxylic acids is 1. The van der Waals surface area contributed by atoms with Gasteiger partial charge >= 0.3 is 0 Å². The predicted octanol–water partition coefficient (Wildman–Crippen LogP) is -0.880. The topological polar surface area (TPSA) is 69.1 Å². The van der Waals surface area contributed by atoms with Crippen molar-refractivity contribution in [2.45, 2.75) is 19.0 Å². The first kappa shape index (κ1) is 6.59. The van der Waals surface area contributed by atoms with Gasteiger partial charge in [-0.25, -0.2) is 0 Å². The van der Waals surface area contributed by atoms with Crippen LogP contribution < -0.4 is 11.5 Å². The van der Waals surface area contributed by atoms with Crippen molar-refractivity contribution in [3.63, 3.8) is 0 Å². The van der Waals surface area contributed by atoms with Gasteiger partial charge in [0.15, 0.2) is 0 Å². The highest BCUT2D eigenvalue weighted by Crippen LogP contribution is 1.88. The quantitative estimate of drug-likeness (QED) is 0.444. The summed E-state index contributed by atoms with van der Waals surface area (Å²) in [5, 5.41) is 0. The zero-order valence-electron chi connectivity index (χ0n) is 4.27. The number of rotatable bonds is 2. The minimum atomic E-state index is -1.22. The van der Waals surface area contributed by atoms with E-state index in [9.17, 15) is 4.79 Å². The van der Waals surface area contributed by atoms with Gasteiger partial charge < -0.3 is 11.5 Å². The van der Waals surface area contributed by atoms with E-state index in [1.54, 1.807) is 6.92 Å². The fourth-order valence-electron chi connectivity index (χ4n) is 0.0722. The van der Waals surface area contributed by atoms with Gasteiger partial charge in [-0.15, -0.1) is 0 Å². The van der Waals surface area contributed by atoms with Crippen LogP contribution in [0.5, 0.6) is 0 Å². The third-order valence-electron chi connectivity index (χ3n) is 0.775. The van der Waals surface area contributed by atoms with E-state index in [1.165, 1.54) is 6.29 Å². The molecule has 0 rings (SSSR count). The molecule has 0 aromatic heterocycles. The molecule has 0 spiro atoms. The first-order valence-corrected chi connectivity index (χ1v) is 2.09. The van der Waals surface area contributed by atoms with Crippen LogP contribution in [-0.4, -0.2) is 11.9 Å². The maximum absolute atomic E-state index is 9.68. The summed E-state index contributed by atoms with van der Waals surface area (Å²) < 4.78 is 0. The van der Waals surface area contributed by atoms with E-state index in [2.05, 4.69) is 0 Å². The van der Waals surface area contributed by atoms with Gasteiger partial charge in [0, 0.05) is 0 Å². The molecule has 4 N–H and O–H groups in total. The Labute approximate surface area is 42.7 Å². The Morgan fingerprint density at radius 3 is 2.14 bits per heavy atom. The average Bonchev–Trinajstić information content (AvgIpc) is 1.68. The van der Waals surface area contributed by atoms with E-state index in [0.29, 0.717) is 6.42 Å². The number of nitrogens with two attached hydrogens (primary N) is 2. The van der Waals surface area contributed by atoms with Crippen molar-refractivity contribution < 1.29 is 4.79 Å². The molecular formula is C4H9N2O. The van der Waals surface area contributed by atoms with Gasteiger partial charge in [0.1, 0.15) is 5.66 Å². The number of hydrogen-bond acceptors (Lipinski definition) is 3. The minimum absolute atomic E-state index is 0.427. The number of hydrogen-bond donors (Lipinski definition) is 2. The van der Waals surface area contributed by atoms with Crippen molar-refractivity contribution in [2.24, 2.45) is 11.5 Å². The first-order valence-electron chi connectivity index (χ1n) is 2.09. The smallest absolute Gasteiger partial charge is 0.235 e. The molecule has 0 heterocycles. The Hall–Kier alpha value is -0.410. The molecule has 0 aliphatic rings. The van der Waals surface area contributed by atoms with Gasteiger partial charge in [-0.3, -0.25) is 4.79 Å². The highest BCUT2D eigenvalue weighted by molar-refractivity contribution is 5.62. The Morgan fingerprint density at radius 2 is 2.14 bits per heavy atom. The summed E-state index contributed by atoms with van der Waals surface area (Å²) in [7, 11) is 0. The summed E-state index contributed by atoms with van der Waals surface area (Å²) in [5.41, 5.74) is 8.92. The van der Waals surface area contributed by atoms with E-state index in [4.69, 9.17) is 11.5 Å². The van der Waals surface area contributed by atoms with Crippen molar-refractivity contribution in [1.29, 1.82) is 0 Å². The van der Waals surface area contributed by atoms with Crippen molar-refractivity contribution in [3.8, 4) is 0 Å². The molecular weight excluding hydrogens is 92.1 g/mol. The molecule has 0 aromatic rings. The van der Waals surface area contributed by atoms with E-state index in [-0.39, 0.29) is 0 Å². The molecule has 0 bridgehead atoms.